The Kier molecular flexibility index (Phi) is 5.86. The van der Waals surface area contributed by atoms with E-state index in [-0.39, 0.29) is 16.8 Å². The number of thioether (sulfide) groups is 1. The van der Waals surface area contributed by atoms with E-state index in [9.17, 15) is 18.0 Å². The Morgan fingerprint density at radius 1 is 1.04 bits per heavy atom. The first-order chi connectivity index (χ1) is 12.9. The molecule has 0 radical (unpaired) electrons. The van der Waals surface area contributed by atoms with Gasteiger partial charge in [-0.25, -0.2) is 18.0 Å². The Morgan fingerprint density at radius 2 is 1.74 bits per heavy atom. The van der Waals surface area contributed by atoms with Crippen LogP contribution in [-0.4, -0.2) is 44.2 Å². The summed E-state index contributed by atoms with van der Waals surface area (Å²) in [6.07, 6.45) is 0.575. The van der Waals surface area contributed by atoms with E-state index in [0.29, 0.717) is 28.2 Å². The number of hydrogen-bond acceptors (Lipinski definition) is 7. The zero-order chi connectivity index (χ0) is 19.4. The second-order valence-corrected chi connectivity index (χ2v) is 9.62. The van der Waals surface area contributed by atoms with Gasteiger partial charge in [-0.1, -0.05) is 12.1 Å². The lowest BCUT2D eigenvalue weighted by atomic mass is 10.2. The maximum atomic E-state index is 12.6. The summed E-state index contributed by atoms with van der Waals surface area (Å²) in [5.41, 5.74) is 0.736. The van der Waals surface area contributed by atoms with Crippen LogP contribution in [0.3, 0.4) is 0 Å². The van der Waals surface area contributed by atoms with Gasteiger partial charge in [0.05, 0.1) is 29.7 Å². The van der Waals surface area contributed by atoms with E-state index in [2.05, 4.69) is 4.74 Å². The quantitative estimate of drug-likeness (QED) is 0.557. The number of carbonyl (C=O) groups is 2. The van der Waals surface area contributed by atoms with Crippen LogP contribution in [0.2, 0.25) is 0 Å². The van der Waals surface area contributed by atoms with Crippen LogP contribution in [0.1, 0.15) is 27.1 Å². The van der Waals surface area contributed by atoms with Crippen molar-refractivity contribution < 1.29 is 27.5 Å². The molecule has 142 valence electrons. The summed E-state index contributed by atoms with van der Waals surface area (Å²) in [5.74, 6) is -0.401. The molecule has 0 amide bonds. The third-order valence-electron chi connectivity index (χ3n) is 4.08. The van der Waals surface area contributed by atoms with E-state index in [1.807, 2.05) is 0 Å². The molecule has 1 heterocycles. The molecule has 3 rings (SSSR count). The highest BCUT2D eigenvalue weighted by Crippen LogP contribution is 2.33. The molecule has 2 aromatic carbocycles. The van der Waals surface area contributed by atoms with Crippen LogP contribution in [0, 0.1) is 0 Å². The fraction of sp³-hybridized carbons (Fsp3) is 0.263. The van der Waals surface area contributed by atoms with Crippen LogP contribution in [0.15, 0.2) is 53.4 Å². The van der Waals surface area contributed by atoms with E-state index in [1.54, 1.807) is 24.3 Å². The van der Waals surface area contributed by atoms with Crippen molar-refractivity contribution >= 4 is 33.5 Å². The van der Waals surface area contributed by atoms with Crippen LogP contribution < -0.4 is 4.74 Å². The van der Waals surface area contributed by atoms with Crippen LogP contribution in [0.5, 0.6) is 5.75 Å². The van der Waals surface area contributed by atoms with Crippen molar-refractivity contribution in [3.8, 4) is 5.75 Å². The summed E-state index contributed by atoms with van der Waals surface area (Å²) in [7, 11) is -1.69. The van der Waals surface area contributed by atoms with Crippen molar-refractivity contribution in [3.63, 3.8) is 0 Å². The summed E-state index contributed by atoms with van der Waals surface area (Å²) in [6, 6.07) is 13.0. The minimum Gasteiger partial charge on any atom is -0.465 e. The second kappa shape index (κ2) is 8.14. The SMILES string of the molecule is COC(=O)c1ccc(OC(=O)c2ccccc2S[C@@H]2CCS(=O)(=O)C2)cc1. The largest absolute Gasteiger partial charge is 0.465 e. The van der Waals surface area contributed by atoms with Gasteiger partial charge in [-0.05, 0) is 42.8 Å². The minimum absolute atomic E-state index is 0.0664. The molecule has 0 spiro atoms. The summed E-state index contributed by atoms with van der Waals surface area (Å²) < 4.78 is 33.3. The van der Waals surface area contributed by atoms with Gasteiger partial charge in [0.25, 0.3) is 0 Å². The van der Waals surface area contributed by atoms with Crippen molar-refractivity contribution in [2.24, 2.45) is 0 Å². The normalized spacial score (nSPS) is 18.0. The lowest BCUT2D eigenvalue weighted by Crippen LogP contribution is -2.12. The molecule has 1 fully saturated rings. The molecule has 1 atom stereocenters. The van der Waals surface area contributed by atoms with Gasteiger partial charge in [0.15, 0.2) is 9.84 Å². The van der Waals surface area contributed by atoms with E-state index < -0.39 is 21.8 Å². The molecule has 6 nitrogen and oxygen atoms in total. The first-order valence-electron chi connectivity index (χ1n) is 8.24. The van der Waals surface area contributed by atoms with E-state index >= 15 is 0 Å². The highest BCUT2D eigenvalue weighted by atomic mass is 32.2. The van der Waals surface area contributed by atoms with Crippen molar-refractivity contribution in [1.82, 2.24) is 0 Å². The highest BCUT2D eigenvalue weighted by Gasteiger charge is 2.29. The summed E-state index contributed by atoms with van der Waals surface area (Å²) >= 11 is 1.39. The molecule has 27 heavy (non-hydrogen) atoms. The number of ether oxygens (including phenoxy) is 2. The maximum absolute atomic E-state index is 12.6. The smallest absolute Gasteiger partial charge is 0.344 e. The van der Waals surface area contributed by atoms with Crippen LogP contribution in [-0.2, 0) is 14.6 Å². The number of rotatable bonds is 5. The standard InChI is InChI=1S/C19H18O6S2/c1-24-18(20)13-6-8-14(9-7-13)25-19(21)16-4-2-3-5-17(16)26-15-10-11-27(22,23)12-15/h2-9,15H,10-12H2,1H3/t15-/m1/s1. The van der Waals surface area contributed by atoms with E-state index in [0.717, 1.165) is 0 Å². The lowest BCUT2D eigenvalue weighted by molar-refractivity contribution is 0.0600. The van der Waals surface area contributed by atoms with Crippen molar-refractivity contribution in [3.05, 3.63) is 59.7 Å². The molecule has 0 bridgehead atoms. The van der Waals surface area contributed by atoms with E-state index in [4.69, 9.17) is 4.74 Å². The van der Waals surface area contributed by atoms with Gasteiger partial charge in [-0.3, -0.25) is 0 Å². The molecule has 1 aliphatic rings. The molecular weight excluding hydrogens is 388 g/mol. The van der Waals surface area contributed by atoms with Crippen molar-refractivity contribution in [2.75, 3.05) is 18.6 Å². The molecule has 0 N–H and O–H groups in total. The van der Waals surface area contributed by atoms with Crippen LogP contribution in [0.4, 0.5) is 0 Å². The monoisotopic (exact) mass is 406 g/mol. The minimum atomic E-state index is -2.99. The number of carbonyl (C=O) groups excluding carboxylic acids is 2. The predicted molar refractivity (Wildman–Crippen MR) is 102 cm³/mol. The summed E-state index contributed by atoms with van der Waals surface area (Å²) in [5, 5.41) is -0.0664. The molecule has 1 aliphatic heterocycles. The van der Waals surface area contributed by atoms with Crippen molar-refractivity contribution in [2.45, 2.75) is 16.6 Å². The van der Waals surface area contributed by atoms with Gasteiger partial charge in [-0.2, -0.15) is 0 Å². The van der Waals surface area contributed by atoms with Crippen LogP contribution in [0.25, 0.3) is 0 Å². The molecule has 0 saturated carbocycles. The average Bonchev–Trinajstić information content (AvgIpc) is 3.00. The summed E-state index contributed by atoms with van der Waals surface area (Å²) in [6.45, 7) is 0. The summed E-state index contributed by atoms with van der Waals surface area (Å²) in [4.78, 5) is 24.7. The van der Waals surface area contributed by atoms with E-state index in [1.165, 1.54) is 43.1 Å². The third kappa shape index (κ3) is 4.90. The Balaban J connectivity index is 1.72. The topological polar surface area (TPSA) is 86.7 Å². The van der Waals surface area contributed by atoms with Crippen LogP contribution >= 0.6 is 11.8 Å². The zero-order valence-electron chi connectivity index (χ0n) is 14.6. The molecule has 0 aromatic heterocycles. The number of hydrogen-bond donors (Lipinski definition) is 0. The number of sulfone groups is 1. The van der Waals surface area contributed by atoms with Gasteiger partial charge in [0.2, 0.25) is 0 Å². The molecule has 8 heteroatoms. The maximum Gasteiger partial charge on any atom is 0.344 e. The number of benzene rings is 2. The molecule has 1 saturated heterocycles. The predicted octanol–water partition coefficient (Wildman–Crippen LogP) is 2.97. The number of methoxy groups -OCH3 is 1. The third-order valence-corrected chi connectivity index (χ3v) is 7.40. The second-order valence-electron chi connectivity index (χ2n) is 6.04. The molecule has 2 aromatic rings. The molecule has 0 unspecified atom stereocenters. The first kappa shape index (κ1) is 19.4. The van der Waals surface area contributed by atoms with Gasteiger partial charge in [0.1, 0.15) is 5.75 Å². The number of esters is 2. The Hall–Kier alpha value is -2.32. The van der Waals surface area contributed by atoms with Crippen molar-refractivity contribution in [1.29, 1.82) is 0 Å². The molecular formula is C19H18O6S2. The first-order valence-corrected chi connectivity index (χ1v) is 10.9. The molecule has 0 aliphatic carbocycles. The van der Waals surface area contributed by atoms with Gasteiger partial charge in [0, 0.05) is 10.1 Å². The Morgan fingerprint density at radius 3 is 2.37 bits per heavy atom. The fourth-order valence-electron chi connectivity index (χ4n) is 2.71. The Labute approximate surface area is 161 Å². The zero-order valence-corrected chi connectivity index (χ0v) is 16.2. The Bertz CT molecular complexity index is 950. The van der Waals surface area contributed by atoms with Gasteiger partial charge < -0.3 is 9.47 Å². The lowest BCUT2D eigenvalue weighted by Gasteiger charge is -2.12. The fourth-order valence-corrected chi connectivity index (χ4v) is 6.33. The average molecular weight is 406 g/mol. The highest BCUT2D eigenvalue weighted by molar-refractivity contribution is 8.02. The van der Waals surface area contributed by atoms with Gasteiger partial charge in [-0.15, -0.1) is 11.8 Å². The van der Waals surface area contributed by atoms with Gasteiger partial charge >= 0.3 is 11.9 Å².